The fourth-order valence-corrected chi connectivity index (χ4v) is 4.43. The summed E-state index contributed by atoms with van der Waals surface area (Å²) in [6, 6.07) is 7.84. The van der Waals surface area contributed by atoms with Gasteiger partial charge in [-0.15, -0.1) is 0 Å². The van der Waals surface area contributed by atoms with Crippen LogP contribution in [0.5, 0.6) is 5.75 Å². The molecular formula is C21H18BrClN4O4. The van der Waals surface area contributed by atoms with E-state index in [1.54, 1.807) is 12.1 Å². The van der Waals surface area contributed by atoms with Crippen molar-refractivity contribution < 1.29 is 10.0 Å². The average Bonchev–Trinajstić information content (AvgIpc) is 2.76. The number of nitrogens with zero attached hydrogens (tertiary/aromatic N) is 4. The summed E-state index contributed by atoms with van der Waals surface area (Å²) in [6.07, 6.45) is 6.42. The second kappa shape index (κ2) is 8.76. The first-order chi connectivity index (χ1) is 14.8. The lowest BCUT2D eigenvalue weighted by molar-refractivity contribution is -0.385. The Hall–Kier alpha value is -2.78. The fourth-order valence-electron chi connectivity index (χ4n) is 3.85. The highest BCUT2D eigenvalue weighted by Crippen LogP contribution is 2.35. The summed E-state index contributed by atoms with van der Waals surface area (Å²) in [5.41, 5.74) is 0.0331. The molecule has 1 N–H and O–H groups in total. The topological polar surface area (TPSA) is 111 Å². The lowest BCUT2D eigenvalue weighted by Crippen LogP contribution is -2.25. The maximum absolute atomic E-state index is 13.3. The molecule has 1 fully saturated rings. The minimum absolute atomic E-state index is 0.101. The normalized spacial score (nSPS) is 15.0. The largest absolute Gasteiger partial charge is 0.501 e. The Morgan fingerprint density at radius 1 is 1.26 bits per heavy atom. The number of fused-ring (bicyclic) bond motifs is 1. The third-order valence-corrected chi connectivity index (χ3v) is 6.17. The summed E-state index contributed by atoms with van der Waals surface area (Å²) in [4.78, 5) is 28.5. The summed E-state index contributed by atoms with van der Waals surface area (Å²) in [7, 11) is 0. The number of phenolic OH excluding ortho intramolecular Hbond substituents is 1. The van der Waals surface area contributed by atoms with E-state index in [1.807, 2.05) is 6.07 Å². The van der Waals surface area contributed by atoms with Gasteiger partial charge in [0.15, 0.2) is 0 Å². The predicted molar refractivity (Wildman–Crippen MR) is 122 cm³/mol. The van der Waals surface area contributed by atoms with Crippen molar-refractivity contribution in [2.75, 3.05) is 0 Å². The van der Waals surface area contributed by atoms with Crippen LogP contribution in [0.25, 0.3) is 10.9 Å². The molecule has 0 radical (unpaired) electrons. The van der Waals surface area contributed by atoms with Gasteiger partial charge in [0, 0.05) is 22.0 Å². The Morgan fingerprint density at radius 2 is 2.00 bits per heavy atom. The van der Waals surface area contributed by atoms with Gasteiger partial charge < -0.3 is 5.11 Å². The molecule has 2 aromatic carbocycles. The van der Waals surface area contributed by atoms with Crippen LogP contribution in [0.4, 0.5) is 5.69 Å². The number of benzene rings is 2. The zero-order valence-electron chi connectivity index (χ0n) is 16.3. The minimum atomic E-state index is -0.729. The van der Waals surface area contributed by atoms with E-state index < -0.39 is 16.4 Å². The van der Waals surface area contributed by atoms with E-state index in [2.05, 4.69) is 21.0 Å². The molecule has 31 heavy (non-hydrogen) atoms. The molecule has 3 aromatic rings. The molecule has 0 amide bonds. The first-order valence-corrected chi connectivity index (χ1v) is 11.0. The van der Waals surface area contributed by atoms with Crippen molar-refractivity contribution in [3.63, 3.8) is 0 Å². The third kappa shape index (κ3) is 4.33. The zero-order chi connectivity index (χ0) is 22.1. The number of hydrogen-bond donors (Lipinski definition) is 1. The molecule has 1 saturated carbocycles. The van der Waals surface area contributed by atoms with Crippen molar-refractivity contribution >= 4 is 50.3 Å². The summed E-state index contributed by atoms with van der Waals surface area (Å²) in [5.74, 6) is 0.0700. The monoisotopic (exact) mass is 504 g/mol. The first-order valence-electron chi connectivity index (χ1n) is 9.78. The van der Waals surface area contributed by atoms with Gasteiger partial charge in [-0.2, -0.15) is 9.78 Å². The minimum Gasteiger partial charge on any atom is -0.501 e. The van der Waals surface area contributed by atoms with E-state index in [-0.39, 0.29) is 22.1 Å². The molecule has 0 bridgehead atoms. The molecule has 0 spiro atoms. The molecule has 0 atom stereocenters. The molecule has 0 aliphatic heterocycles. The Morgan fingerprint density at radius 3 is 2.71 bits per heavy atom. The molecule has 0 unspecified atom stereocenters. The van der Waals surface area contributed by atoms with Crippen LogP contribution in [0.15, 0.2) is 44.7 Å². The molecule has 1 aliphatic rings. The molecule has 1 heterocycles. The number of rotatable bonds is 4. The van der Waals surface area contributed by atoms with Gasteiger partial charge in [0.2, 0.25) is 5.75 Å². The highest BCUT2D eigenvalue weighted by molar-refractivity contribution is 9.10. The number of hydrogen-bond acceptors (Lipinski definition) is 6. The van der Waals surface area contributed by atoms with Crippen LogP contribution in [-0.2, 0) is 0 Å². The fraction of sp³-hybridized carbons (Fsp3) is 0.286. The first kappa shape index (κ1) is 21.5. The predicted octanol–water partition coefficient (Wildman–Crippen LogP) is 5.36. The number of halogens is 2. The molecule has 0 saturated heterocycles. The van der Waals surface area contributed by atoms with E-state index in [0.717, 1.165) is 42.6 Å². The van der Waals surface area contributed by atoms with Gasteiger partial charge in [0.25, 0.3) is 5.56 Å². The maximum Gasteiger partial charge on any atom is 0.312 e. The van der Waals surface area contributed by atoms with E-state index in [1.165, 1.54) is 17.0 Å². The van der Waals surface area contributed by atoms with E-state index in [4.69, 9.17) is 16.6 Å². The van der Waals surface area contributed by atoms with Crippen LogP contribution in [0, 0.1) is 10.1 Å². The second-order valence-electron chi connectivity index (χ2n) is 7.46. The molecule has 10 heteroatoms. The van der Waals surface area contributed by atoms with Crippen molar-refractivity contribution in [1.29, 1.82) is 0 Å². The number of aromatic hydroxyl groups is 1. The standard InChI is InChI=1S/C21H18BrClN4O4/c22-14-6-7-17-15(10-14)21(29)26(20(25-17)13-4-2-1-3-5-13)24-11-12-8-16(23)19(28)18(9-12)27(30)31/h6-11,13,28H,1-5H2. The lowest BCUT2D eigenvalue weighted by atomic mass is 9.88. The molecule has 1 aliphatic carbocycles. The second-order valence-corrected chi connectivity index (χ2v) is 8.78. The van der Waals surface area contributed by atoms with Crippen molar-refractivity contribution in [2.24, 2.45) is 5.10 Å². The highest BCUT2D eigenvalue weighted by Gasteiger charge is 2.23. The van der Waals surface area contributed by atoms with E-state index in [9.17, 15) is 20.0 Å². The zero-order valence-corrected chi connectivity index (χ0v) is 18.6. The number of nitro benzene ring substituents is 1. The van der Waals surface area contributed by atoms with Gasteiger partial charge in [0.05, 0.1) is 27.1 Å². The van der Waals surface area contributed by atoms with Crippen LogP contribution < -0.4 is 5.56 Å². The van der Waals surface area contributed by atoms with Gasteiger partial charge in [-0.1, -0.05) is 46.8 Å². The van der Waals surface area contributed by atoms with Gasteiger partial charge in [0.1, 0.15) is 5.82 Å². The molecule has 1 aromatic heterocycles. The van der Waals surface area contributed by atoms with E-state index >= 15 is 0 Å². The van der Waals surface area contributed by atoms with Crippen LogP contribution in [0.3, 0.4) is 0 Å². The summed E-state index contributed by atoms with van der Waals surface area (Å²) in [6.45, 7) is 0. The quantitative estimate of drug-likeness (QED) is 0.292. The van der Waals surface area contributed by atoms with Crippen molar-refractivity contribution in [3.05, 3.63) is 71.7 Å². The highest BCUT2D eigenvalue weighted by atomic mass is 79.9. The Balaban J connectivity index is 1.87. The van der Waals surface area contributed by atoms with Gasteiger partial charge in [-0.25, -0.2) is 4.98 Å². The van der Waals surface area contributed by atoms with Gasteiger partial charge >= 0.3 is 5.69 Å². The van der Waals surface area contributed by atoms with Crippen molar-refractivity contribution in [2.45, 2.75) is 38.0 Å². The summed E-state index contributed by atoms with van der Waals surface area (Å²) in [5, 5.41) is 25.5. The summed E-state index contributed by atoms with van der Waals surface area (Å²) < 4.78 is 2.03. The Labute approximate surface area is 190 Å². The molecular weight excluding hydrogens is 488 g/mol. The molecule has 4 rings (SSSR count). The number of phenols is 1. The summed E-state index contributed by atoms with van der Waals surface area (Å²) >= 11 is 9.30. The smallest absolute Gasteiger partial charge is 0.312 e. The number of nitro groups is 1. The maximum atomic E-state index is 13.3. The average molecular weight is 506 g/mol. The SMILES string of the molecule is O=c1c2cc(Br)ccc2nc(C2CCCCC2)n1N=Cc1cc(Cl)c(O)c([N+](=O)[O-])c1. The van der Waals surface area contributed by atoms with Crippen LogP contribution in [0.1, 0.15) is 49.4 Å². The lowest BCUT2D eigenvalue weighted by Gasteiger charge is -2.22. The Kier molecular flexibility index (Phi) is 6.06. The van der Waals surface area contributed by atoms with Gasteiger partial charge in [-0.05, 0) is 37.1 Å². The number of aromatic nitrogens is 2. The van der Waals surface area contributed by atoms with E-state index in [0.29, 0.717) is 16.7 Å². The van der Waals surface area contributed by atoms with Crippen LogP contribution >= 0.6 is 27.5 Å². The third-order valence-electron chi connectivity index (χ3n) is 5.39. The van der Waals surface area contributed by atoms with Crippen LogP contribution in [-0.4, -0.2) is 25.9 Å². The van der Waals surface area contributed by atoms with Gasteiger partial charge in [-0.3, -0.25) is 14.9 Å². The Bertz CT molecular complexity index is 1270. The van der Waals surface area contributed by atoms with Crippen molar-refractivity contribution in [1.82, 2.24) is 9.66 Å². The van der Waals surface area contributed by atoms with Crippen LogP contribution in [0.2, 0.25) is 5.02 Å². The molecule has 160 valence electrons. The van der Waals surface area contributed by atoms with Crippen molar-refractivity contribution in [3.8, 4) is 5.75 Å². The molecule has 8 nitrogen and oxygen atoms in total.